The van der Waals surface area contributed by atoms with Crippen LogP contribution in [0.4, 0.5) is 0 Å². The number of phosphoric ester groups is 2. The number of rotatable bonds is 63. The van der Waals surface area contributed by atoms with Crippen molar-refractivity contribution in [3.63, 3.8) is 0 Å². The molecule has 0 aromatic rings. The molecule has 0 aromatic heterocycles. The van der Waals surface area contributed by atoms with Crippen LogP contribution < -0.4 is 0 Å². The zero-order valence-corrected chi connectivity index (χ0v) is 55.3. The monoisotopic (exact) mass is 1230 g/mol. The number of carbonyl (C=O) groups excluding carboxylic acids is 4. The Kier molecular flexibility index (Phi) is 55.2. The van der Waals surface area contributed by atoms with E-state index in [1.54, 1.807) is 0 Å². The molecule has 6 atom stereocenters. The second-order valence-corrected chi connectivity index (χ2v) is 26.8. The number of unbranched alkanes of at least 4 members (excludes halogenated alkanes) is 32. The predicted molar refractivity (Wildman–Crippen MR) is 331 cm³/mol. The van der Waals surface area contributed by atoms with Gasteiger partial charge < -0.3 is 33.8 Å². The lowest BCUT2D eigenvalue weighted by Gasteiger charge is -2.21. The fourth-order valence-corrected chi connectivity index (χ4v) is 11.1. The normalized spacial score (nSPS) is 14.6. The van der Waals surface area contributed by atoms with E-state index < -0.39 is 97.5 Å². The molecule has 17 nitrogen and oxygen atoms in total. The molecule has 0 aliphatic heterocycles. The Morgan fingerprint density at radius 3 is 0.916 bits per heavy atom. The van der Waals surface area contributed by atoms with E-state index >= 15 is 0 Å². The minimum Gasteiger partial charge on any atom is -0.462 e. The molecule has 0 bridgehead atoms. The summed E-state index contributed by atoms with van der Waals surface area (Å²) in [7, 11) is -9.88. The summed E-state index contributed by atoms with van der Waals surface area (Å²) in [6, 6.07) is 0. The van der Waals surface area contributed by atoms with Gasteiger partial charge >= 0.3 is 39.5 Å². The van der Waals surface area contributed by atoms with E-state index in [9.17, 15) is 43.2 Å². The van der Waals surface area contributed by atoms with Crippen molar-refractivity contribution in [2.45, 2.75) is 336 Å². The molecule has 0 aliphatic carbocycles. The highest BCUT2D eigenvalue weighted by atomic mass is 31.2. The van der Waals surface area contributed by atoms with Gasteiger partial charge in [0.1, 0.15) is 19.3 Å². The van der Waals surface area contributed by atoms with Crippen LogP contribution in [0.25, 0.3) is 0 Å². The number of hydrogen-bond donors (Lipinski definition) is 3. The molecular formula is C64H124O17P2. The lowest BCUT2D eigenvalue weighted by Crippen LogP contribution is -2.30. The molecule has 0 aromatic carbocycles. The smallest absolute Gasteiger partial charge is 0.462 e. The van der Waals surface area contributed by atoms with Crippen LogP contribution in [0.15, 0.2) is 0 Å². The molecule has 3 unspecified atom stereocenters. The maximum atomic E-state index is 13.0. The van der Waals surface area contributed by atoms with Gasteiger partial charge in [-0.05, 0) is 37.5 Å². The molecule has 0 saturated heterocycles. The maximum absolute atomic E-state index is 13.0. The third-order valence-electron chi connectivity index (χ3n) is 15.1. The van der Waals surface area contributed by atoms with Crippen molar-refractivity contribution < 1.29 is 80.2 Å². The van der Waals surface area contributed by atoms with Gasteiger partial charge in [0, 0.05) is 25.7 Å². The fraction of sp³-hybridized carbons (Fsp3) is 0.938. The maximum Gasteiger partial charge on any atom is 0.472 e. The quantitative estimate of drug-likeness (QED) is 0.0222. The predicted octanol–water partition coefficient (Wildman–Crippen LogP) is 17.7. The van der Waals surface area contributed by atoms with Crippen LogP contribution in [0, 0.1) is 11.8 Å². The van der Waals surface area contributed by atoms with Crippen molar-refractivity contribution in [1.29, 1.82) is 0 Å². The highest BCUT2D eigenvalue weighted by Gasteiger charge is 2.30. The van der Waals surface area contributed by atoms with E-state index in [2.05, 4.69) is 41.5 Å². The first kappa shape index (κ1) is 81.1. The first-order valence-electron chi connectivity index (χ1n) is 33.5. The number of aliphatic hydroxyl groups excluding tert-OH is 1. The van der Waals surface area contributed by atoms with Gasteiger partial charge in [0.15, 0.2) is 12.2 Å². The highest BCUT2D eigenvalue weighted by molar-refractivity contribution is 7.47. The summed E-state index contributed by atoms with van der Waals surface area (Å²) < 4.78 is 67.9. The molecule has 0 saturated carbocycles. The topological polar surface area (TPSA) is 237 Å². The Bertz CT molecular complexity index is 1630. The van der Waals surface area contributed by atoms with E-state index in [4.69, 9.17) is 37.0 Å². The summed E-state index contributed by atoms with van der Waals surface area (Å²) in [6.07, 6.45) is 39.0. The Morgan fingerprint density at radius 2 is 0.614 bits per heavy atom. The van der Waals surface area contributed by atoms with Crippen molar-refractivity contribution >= 4 is 39.5 Å². The van der Waals surface area contributed by atoms with Crippen LogP contribution in [0.1, 0.15) is 318 Å². The molecular weight excluding hydrogens is 1100 g/mol. The van der Waals surface area contributed by atoms with Gasteiger partial charge in [0.2, 0.25) is 0 Å². The summed E-state index contributed by atoms with van der Waals surface area (Å²) in [4.78, 5) is 72.1. The summed E-state index contributed by atoms with van der Waals surface area (Å²) in [6.45, 7) is 9.39. The van der Waals surface area contributed by atoms with Crippen molar-refractivity contribution in [1.82, 2.24) is 0 Å². The van der Waals surface area contributed by atoms with E-state index in [-0.39, 0.29) is 25.7 Å². The number of aliphatic hydroxyl groups is 1. The molecule has 3 N–H and O–H groups in total. The van der Waals surface area contributed by atoms with Gasteiger partial charge in [-0.15, -0.1) is 0 Å². The minimum absolute atomic E-state index is 0.103. The van der Waals surface area contributed by atoms with Gasteiger partial charge in [0.05, 0.1) is 26.4 Å². The number of hydrogen-bond acceptors (Lipinski definition) is 15. The van der Waals surface area contributed by atoms with E-state index in [0.717, 1.165) is 108 Å². The Labute approximate surface area is 505 Å². The van der Waals surface area contributed by atoms with Gasteiger partial charge in [-0.3, -0.25) is 37.3 Å². The van der Waals surface area contributed by atoms with Crippen LogP contribution in [0.2, 0.25) is 0 Å². The molecule has 492 valence electrons. The largest absolute Gasteiger partial charge is 0.472 e. The number of phosphoric acid groups is 2. The number of ether oxygens (including phenoxy) is 4. The molecule has 0 amide bonds. The molecule has 0 aliphatic rings. The van der Waals surface area contributed by atoms with Gasteiger partial charge in [0.25, 0.3) is 0 Å². The summed E-state index contributed by atoms with van der Waals surface area (Å²) in [5, 5.41) is 10.5. The highest BCUT2D eigenvalue weighted by Crippen LogP contribution is 2.45. The fourth-order valence-electron chi connectivity index (χ4n) is 9.50. The van der Waals surface area contributed by atoms with Crippen molar-refractivity contribution in [3.8, 4) is 0 Å². The third-order valence-corrected chi connectivity index (χ3v) is 17.0. The minimum atomic E-state index is -4.94. The standard InChI is InChI=1S/C64H124O17P2/c1-7-10-12-14-16-18-19-20-21-22-23-29-36-42-48-63(68)80-59(52-75-62(67)47-41-35-28-25-24-26-32-38-44-56(4)5)54-78-82(70,71)76-50-58(65)51-77-83(72,73)79-55-60(53-74-61(66)46-40-34-27-17-15-13-11-8-2)81-64(69)49-43-37-31-30-33-39-45-57(6)9-3/h56-60,65H,7-55H2,1-6H3,(H,70,71)(H,72,73)/t57?,58-,59-,60-/m1/s1. The lowest BCUT2D eigenvalue weighted by atomic mass is 10.00. The zero-order valence-electron chi connectivity index (χ0n) is 53.5. The van der Waals surface area contributed by atoms with Crippen LogP contribution in [0.3, 0.4) is 0 Å². The zero-order chi connectivity index (χ0) is 61.5. The van der Waals surface area contributed by atoms with E-state index in [0.29, 0.717) is 25.7 Å². The second kappa shape index (κ2) is 56.6. The van der Waals surface area contributed by atoms with E-state index in [1.807, 2.05) is 0 Å². The van der Waals surface area contributed by atoms with Gasteiger partial charge in [-0.25, -0.2) is 9.13 Å². The summed E-state index contributed by atoms with van der Waals surface area (Å²) >= 11 is 0. The van der Waals surface area contributed by atoms with Crippen molar-refractivity contribution in [3.05, 3.63) is 0 Å². The first-order chi connectivity index (χ1) is 39.9. The van der Waals surface area contributed by atoms with Crippen LogP contribution >= 0.6 is 15.6 Å². The summed E-state index contributed by atoms with van der Waals surface area (Å²) in [5.41, 5.74) is 0. The second-order valence-electron chi connectivity index (χ2n) is 23.9. The molecule has 0 spiro atoms. The SMILES string of the molecule is CCCCCCCCCCCCCCCCC(=O)O[C@H](COC(=O)CCCCCCCCCCC(C)C)COP(=O)(O)OC[C@@H](O)COP(=O)(O)OC[C@@H](COC(=O)CCCCCCCCCC)OC(=O)CCCCCCCCC(C)CC. The number of carbonyl (C=O) groups is 4. The Morgan fingerprint density at radius 1 is 0.349 bits per heavy atom. The molecule has 0 heterocycles. The molecule has 19 heteroatoms. The summed E-state index contributed by atoms with van der Waals surface area (Å²) in [5.74, 6) is -0.691. The van der Waals surface area contributed by atoms with Gasteiger partial charge in [-0.1, -0.05) is 266 Å². The molecule has 83 heavy (non-hydrogen) atoms. The first-order valence-corrected chi connectivity index (χ1v) is 36.5. The average Bonchev–Trinajstić information content (AvgIpc) is 3.47. The Balaban J connectivity index is 5.23. The van der Waals surface area contributed by atoms with Crippen molar-refractivity contribution in [2.75, 3.05) is 39.6 Å². The molecule has 0 radical (unpaired) electrons. The van der Waals surface area contributed by atoms with E-state index in [1.165, 1.54) is 128 Å². The molecule has 0 rings (SSSR count). The number of esters is 4. The van der Waals surface area contributed by atoms with Crippen LogP contribution in [0.5, 0.6) is 0 Å². The Hall–Kier alpha value is -1.94. The average molecular weight is 1230 g/mol. The van der Waals surface area contributed by atoms with Crippen LogP contribution in [-0.2, 0) is 65.4 Å². The van der Waals surface area contributed by atoms with Crippen LogP contribution in [-0.4, -0.2) is 96.7 Å². The van der Waals surface area contributed by atoms with Gasteiger partial charge in [-0.2, -0.15) is 0 Å². The van der Waals surface area contributed by atoms with Crippen molar-refractivity contribution in [2.24, 2.45) is 11.8 Å². The lowest BCUT2D eigenvalue weighted by molar-refractivity contribution is -0.161. The third kappa shape index (κ3) is 57.6. The molecule has 0 fully saturated rings.